The number of fused-ring (bicyclic) bond motifs is 1. The van der Waals surface area contributed by atoms with Gasteiger partial charge >= 0.3 is 0 Å². The van der Waals surface area contributed by atoms with Crippen LogP contribution in [0.1, 0.15) is 39.6 Å². The van der Waals surface area contributed by atoms with E-state index in [0.29, 0.717) is 22.3 Å². The lowest BCUT2D eigenvalue weighted by Crippen LogP contribution is -2.13. The van der Waals surface area contributed by atoms with Crippen molar-refractivity contribution in [2.24, 2.45) is 0 Å². The SMILES string of the molecule is Cc1cc(NC(=O)c2snc(-c3cccc4ncsc34)c2C2CC2)cnc1-n1nccn1. The van der Waals surface area contributed by atoms with Gasteiger partial charge in [-0.1, -0.05) is 12.1 Å². The monoisotopic (exact) mass is 459 g/mol. The van der Waals surface area contributed by atoms with Gasteiger partial charge in [0.25, 0.3) is 5.91 Å². The minimum Gasteiger partial charge on any atom is -0.320 e. The average Bonchev–Trinajstić information content (AvgIpc) is 3.21. The molecule has 0 atom stereocenters. The van der Waals surface area contributed by atoms with Crippen LogP contribution in [0.5, 0.6) is 0 Å². The molecule has 0 bridgehead atoms. The lowest BCUT2D eigenvalue weighted by atomic mass is 10.0. The summed E-state index contributed by atoms with van der Waals surface area (Å²) >= 11 is 2.87. The number of hydrogen-bond acceptors (Lipinski definition) is 8. The zero-order valence-electron chi connectivity index (χ0n) is 17.0. The highest BCUT2D eigenvalue weighted by molar-refractivity contribution is 7.17. The number of benzene rings is 1. The van der Waals surface area contributed by atoms with Gasteiger partial charge in [-0.3, -0.25) is 4.79 Å². The first-order chi connectivity index (χ1) is 15.7. The van der Waals surface area contributed by atoms with Gasteiger partial charge < -0.3 is 5.32 Å². The number of aromatic nitrogens is 6. The molecule has 1 aromatic carbocycles. The molecular weight excluding hydrogens is 442 g/mol. The normalized spacial score (nSPS) is 13.5. The summed E-state index contributed by atoms with van der Waals surface area (Å²) < 4.78 is 5.84. The van der Waals surface area contributed by atoms with Gasteiger partial charge in [0.15, 0.2) is 5.82 Å². The van der Waals surface area contributed by atoms with Crippen LogP contribution in [0.4, 0.5) is 5.69 Å². The van der Waals surface area contributed by atoms with Gasteiger partial charge in [-0.15, -0.1) is 16.1 Å². The van der Waals surface area contributed by atoms with Crippen LogP contribution in [0.25, 0.3) is 27.3 Å². The third-order valence-electron chi connectivity index (χ3n) is 5.45. The maximum atomic E-state index is 13.2. The van der Waals surface area contributed by atoms with Crippen molar-refractivity contribution in [2.75, 3.05) is 5.32 Å². The Kier molecular flexibility index (Phi) is 4.54. The fourth-order valence-corrected chi connectivity index (χ4v) is 5.52. The fraction of sp³-hybridized carbons (Fsp3) is 0.182. The smallest absolute Gasteiger partial charge is 0.267 e. The maximum Gasteiger partial charge on any atom is 0.267 e. The number of carbonyl (C=O) groups is 1. The van der Waals surface area contributed by atoms with Crippen molar-refractivity contribution >= 4 is 44.7 Å². The van der Waals surface area contributed by atoms with E-state index in [0.717, 1.165) is 45.4 Å². The average molecular weight is 460 g/mol. The highest BCUT2D eigenvalue weighted by Gasteiger charge is 2.34. The second-order valence-electron chi connectivity index (χ2n) is 7.69. The summed E-state index contributed by atoms with van der Waals surface area (Å²) in [5.74, 6) is 0.850. The van der Waals surface area contributed by atoms with Crippen LogP contribution in [0, 0.1) is 6.92 Å². The number of anilines is 1. The summed E-state index contributed by atoms with van der Waals surface area (Å²) in [7, 11) is 0. The molecule has 1 aliphatic carbocycles. The van der Waals surface area contributed by atoms with Crippen molar-refractivity contribution in [3.8, 4) is 17.1 Å². The molecule has 1 aliphatic rings. The third-order valence-corrected chi connectivity index (χ3v) is 7.19. The first kappa shape index (κ1) is 19.2. The zero-order valence-corrected chi connectivity index (χ0v) is 18.7. The standard InChI is InChI=1S/C22H17N7OS2/c1-12-9-14(10-23-21(12)29-25-7-8-26-29)27-22(30)20-17(13-5-6-13)18(28-32-20)15-3-2-4-16-19(15)31-11-24-16/h2-4,7-11,13H,5-6H2,1H3,(H,27,30). The molecule has 1 N–H and O–H groups in total. The molecule has 4 heterocycles. The van der Waals surface area contributed by atoms with E-state index in [4.69, 9.17) is 4.37 Å². The number of hydrogen-bond donors (Lipinski definition) is 1. The van der Waals surface area contributed by atoms with Crippen molar-refractivity contribution in [1.82, 2.24) is 29.3 Å². The van der Waals surface area contributed by atoms with Crippen LogP contribution in [0.3, 0.4) is 0 Å². The molecule has 158 valence electrons. The lowest BCUT2D eigenvalue weighted by Gasteiger charge is -2.09. The summed E-state index contributed by atoms with van der Waals surface area (Å²) in [6, 6.07) is 7.94. The Morgan fingerprint density at radius 2 is 2.03 bits per heavy atom. The minimum absolute atomic E-state index is 0.154. The number of carbonyl (C=O) groups excluding carboxylic acids is 1. The van der Waals surface area contributed by atoms with Crippen molar-refractivity contribution < 1.29 is 4.79 Å². The molecule has 8 nitrogen and oxygen atoms in total. The second kappa shape index (κ2) is 7.57. The van der Waals surface area contributed by atoms with Gasteiger partial charge in [0, 0.05) is 11.1 Å². The summed E-state index contributed by atoms with van der Waals surface area (Å²) in [5, 5.41) is 11.2. The summed E-state index contributed by atoms with van der Waals surface area (Å²) in [6.07, 6.45) is 6.99. The Labute approximate surface area is 191 Å². The van der Waals surface area contributed by atoms with Crippen molar-refractivity contribution in [3.63, 3.8) is 0 Å². The van der Waals surface area contributed by atoms with Crippen molar-refractivity contribution in [1.29, 1.82) is 0 Å². The number of rotatable bonds is 5. The molecule has 1 fully saturated rings. The van der Waals surface area contributed by atoms with Crippen LogP contribution in [0.2, 0.25) is 0 Å². The molecule has 1 amide bonds. The van der Waals surface area contributed by atoms with Gasteiger partial charge in [0.2, 0.25) is 0 Å². The van der Waals surface area contributed by atoms with E-state index >= 15 is 0 Å². The number of nitrogens with zero attached hydrogens (tertiary/aromatic N) is 6. The predicted molar refractivity (Wildman–Crippen MR) is 125 cm³/mol. The predicted octanol–water partition coefficient (Wildman–Crippen LogP) is 4.83. The molecule has 1 saturated carbocycles. The lowest BCUT2D eigenvalue weighted by molar-refractivity contribution is 0.102. The van der Waals surface area contributed by atoms with Crippen molar-refractivity contribution in [2.45, 2.75) is 25.7 Å². The van der Waals surface area contributed by atoms with Gasteiger partial charge in [0.1, 0.15) is 4.88 Å². The van der Waals surface area contributed by atoms with Crippen LogP contribution in [0.15, 0.2) is 48.4 Å². The molecule has 0 radical (unpaired) electrons. The summed E-state index contributed by atoms with van der Waals surface area (Å²) in [5.41, 5.74) is 7.32. The molecule has 0 spiro atoms. The number of nitrogens with one attached hydrogen (secondary N) is 1. The molecule has 10 heteroatoms. The minimum atomic E-state index is -0.154. The van der Waals surface area contributed by atoms with E-state index in [9.17, 15) is 4.79 Å². The van der Waals surface area contributed by atoms with Crippen molar-refractivity contribution in [3.05, 3.63) is 64.4 Å². The van der Waals surface area contributed by atoms with E-state index < -0.39 is 0 Å². The van der Waals surface area contributed by atoms with E-state index in [1.54, 1.807) is 29.9 Å². The molecular formula is C22H17N7OS2. The Hall–Kier alpha value is -3.50. The molecule has 32 heavy (non-hydrogen) atoms. The zero-order chi connectivity index (χ0) is 21.7. The summed E-state index contributed by atoms with van der Waals surface area (Å²) in [6.45, 7) is 1.91. The van der Waals surface area contributed by atoms with Crippen LogP contribution >= 0.6 is 22.9 Å². The molecule has 4 aromatic heterocycles. The van der Waals surface area contributed by atoms with Gasteiger partial charge in [-0.25, -0.2) is 9.97 Å². The molecule has 0 unspecified atom stereocenters. The number of amides is 1. The van der Waals surface area contributed by atoms with Crippen LogP contribution in [-0.2, 0) is 0 Å². The highest BCUT2D eigenvalue weighted by Crippen LogP contribution is 2.48. The van der Waals surface area contributed by atoms with Crippen LogP contribution < -0.4 is 5.32 Å². The van der Waals surface area contributed by atoms with E-state index in [-0.39, 0.29) is 5.91 Å². The number of thiazole rings is 1. The Balaban J connectivity index is 1.34. The van der Waals surface area contributed by atoms with Gasteiger partial charge in [-0.2, -0.15) is 14.6 Å². The first-order valence-corrected chi connectivity index (χ1v) is 11.8. The fourth-order valence-electron chi connectivity index (χ4n) is 3.84. The highest BCUT2D eigenvalue weighted by atomic mass is 32.1. The molecule has 6 rings (SSSR count). The first-order valence-electron chi connectivity index (χ1n) is 10.2. The van der Waals surface area contributed by atoms with Gasteiger partial charge in [0.05, 0.1) is 45.7 Å². The molecule has 0 saturated heterocycles. The quantitative estimate of drug-likeness (QED) is 0.404. The second-order valence-corrected chi connectivity index (χ2v) is 9.32. The number of pyridine rings is 1. The topological polar surface area (TPSA) is 98.5 Å². The van der Waals surface area contributed by atoms with E-state index in [1.807, 2.05) is 30.6 Å². The maximum absolute atomic E-state index is 13.2. The Morgan fingerprint density at radius 1 is 1.19 bits per heavy atom. The summed E-state index contributed by atoms with van der Waals surface area (Å²) in [4.78, 5) is 24.2. The van der Waals surface area contributed by atoms with E-state index in [1.165, 1.54) is 16.3 Å². The molecule has 5 aromatic rings. The van der Waals surface area contributed by atoms with Crippen LogP contribution in [-0.4, -0.2) is 35.2 Å². The number of aryl methyl sites for hydroxylation is 1. The third kappa shape index (κ3) is 3.28. The van der Waals surface area contributed by atoms with Gasteiger partial charge in [-0.05, 0) is 54.9 Å². The Bertz CT molecular complexity index is 1450. The molecule has 0 aliphatic heterocycles. The van der Waals surface area contributed by atoms with E-state index in [2.05, 4.69) is 31.5 Å². The Morgan fingerprint density at radius 3 is 2.81 bits per heavy atom. The largest absolute Gasteiger partial charge is 0.320 e.